The fraction of sp³-hybridized carbons (Fsp3) is 0.273. The molecule has 0 radical (unpaired) electrons. The Morgan fingerprint density at radius 2 is 2.31 bits per heavy atom. The van der Waals surface area contributed by atoms with Gasteiger partial charge in [-0.25, -0.2) is 0 Å². The van der Waals surface area contributed by atoms with Gasteiger partial charge in [0.15, 0.2) is 0 Å². The molecule has 0 aliphatic rings. The smallest absolute Gasteiger partial charge is 0.0935 e. The normalized spacial score (nSPS) is 12.9. The molecule has 1 N–H and O–H groups in total. The Hall–Kier alpha value is -0.1000. The molecule has 0 saturated heterocycles. The van der Waals surface area contributed by atoms with Crippen molar-refractivity contribution in [3.8, 4) is 0 Å². The van der Waals surface area contributed by atoms with E-state index < -0.39 is 0 Å². The second kappa shape index (κ2) is 5.49. The van der Waals surface area contributed by atoms with Gasteiger partial charge in [-0.15, -0.1) is 11.3 Å². The van der Waals surface area contributed by atoms with Crippen molar-refractivity contribution in [3.05, 3.63) is 43.4 Å². The predicted molar refractivity (Wildman–Crippen MR) is 73.9 cm³/mol. The summed E-state index contributed by atoms with van der Waals surface area (Å²) in [5.41, 5.74) is 1.21. The molecule has 0 fully saturated rings. The number of rotatable bonds is 4. The number of likely N-dealkylation sites (N-methyl/N-ethyl adjacent to an activating group) is 1. The quantitative estimate of drug-likeness (QED) is 0.871. The standard InChI is InChI=1S/C11H11Br2NOS/c1-14-9(4-7-2-3-15-6-7)10-5-8(12)11(13)16-10/h2-3,5-6,9,14H,4H2,1H3. The minimum atomic E-state index is 0.324. The zero-order valence-corrected chi connectivity index (χ0v) is 12.7. The fourth-order valence-electron chi connectivity index (χ4n) is 1.52. The highest BCUT2D eigenvalue weighted by molar-refractivity contribution is 9.13. The molecule has 86 valence electrons. The van der Waals surface area contributed by atoms with Crippen LogP contribution in [-0.2, 0) is 6.42 Å². The van der Waals surface area contributed by atoms with E-state index in [4.69, 9.17) is 4.42 Å². The van der Waals surface area contributed by atoms with E-state index in [-0.39, 0.29) is 0 Å². The average molecular weight is 365 g/mol. The molecule has 0 amide bonds. The van der Waals surface area contributed by atoms with Crippen LogP contribution in [0.1, 0.15) is 16.5 Å². The van der Waals surface area contributed by atoms with Crippen LogP contribution in [0.15, 0.2) is 37.3 Å². The van der Waals surface area contributed by atoms with Crippen molar-refractivity contribution in [2.75, 3.05) is 7.05 Å². The average Bonchev–Trinajstić information content (AvgIpc) is 2.86. The van der Waals surface area contributed by atoms with Crippen molar-refractivity contribution < 1.29 is 4.42 Å². The summed E-state index contributed by atoms with van der Waals surface area (Å²) in [7, 11) is 1.98. The molecule has 2 nitrogen and oxygen atoms in total. The van der Waals surface area contributed by atoms with Gasteiger partial charge in [-0.3, -0.25) is 0 Å². The lowest BCUT2D eigenvalue weighted by molar-refractivity contribution is 0.553. The first-order valence-corrected chi connectivity index (χ1v) is 7.24. The van der Waals surface area contributed by atoms with Crippen LogP contribution in [0.2, 0.25) is 0 Å². The molecule has 0 spiro atoms. The highest BCUT2D eigenvalue weighted by atomic mass is 79.9. The van der Waals surface area contributed by atoms with Crippen molar-refractivity contribution in [1.82, 2.24) is 5.32 Å². The summed E-state index contributed by atoms with van der Waals surface area (Å²) in [6.45, 7) is 0. The Morgan fingerprint density at radius 1 is 1.50 bits per heavy atom. The van der Waals surface area contributed by atoms with Crippen LogP contribution in [0.3, 0.4) is 0 Å². The van der Waals surface area contributed by atoms with E-state index >= 15 is 0 Å². The highest BCUT2D eigenvalue weighted by Gasteiger charge is 2.15. The third kappa shape index (κ3) is 2.77. The second-order valence-corrected chi connectivity index (χ2v) is 6.70. The van der Waals surface area contributed by atoms with Gasteiger partial charge in [0.05, 0.1) is 16.3 Å². The number of nitrogens with one attached hydrogen (secondary N) is 1. The molecule has 2 aromatic rings. The van der Waals surface area contributed by atoms with Gasteiger partial charge in [-0.2, -0.15) is 0 Å². The van der Waals surface area contributed by atoms with Gasteiger partial charge in [-0.05, 0) is 63.0 Å². The van der Waals surface area contributed by atoms with E-state index in [0.29, 0.717) is 6.04 Å². The van der Waals surface area contributed by atoms with Gasteiger partial charge in [-0.1, -0.05) is 0 Å². The van der Waals surface area contributed by atoms with Crippen LogP contribution in [0.4, 0.5) is 0 Å². The first-order chi connectivity index (χ1) is 7.70. The molecule has 5 heteroatoms. The van der Waals surface area contributed by atoms with Crippen LogP contribution in [0, 0.1) is 0 Å². The lowest BCUT2D eigenvalue weighted by Gasteiger charge is -2.12. The van der Waals surface area contributed by atoms with Crippen molar-refractivity contribution in [2.45, 2.75) is 12.5 Å². The van der Waals surface area contributed by atoms with Crippen LogP contribution in [0.25, 0.3) is 0 Å². The van der Waals surface area contributed by atoms with E-state index in [0.717, 1.165) is 14.7 Å². The minimum absolute atomic E-state index is 0.324. The van der Waals surface area contributed by atoms with Crippen LogP contribution in [0.5, 0.6) is 0 Å². The van der Waals surface area contributed by atoms with Crippen molar-refractivity contribution >= 4 is 43.2 Å². The molecule has 0 saturated carbocycles. The Labute approximate surface area is 115 Å². The van der Waals surface area contributed by atoms with Gasteiger partial charge in [0.1, 0.15) is 0 Å². The molecule has 0 aliphatic heterocycles. The number of furan rings is 1. The Bertz CT molecular complexity index is 433. The maximum absolute atomic E-state index is 5.08. The summed E-state index contributed by atoms with van der Waals surface area (Å²) in [4.78, 5) is 1.31. The van der Waals surface area contributed by atoms with E-state index in [1.807, 2.05) is 13.1 Å². The largest absolute Gasteiger partial charge is 0.472 e. The Morgan fingerprint density at radius 3 is 2.81 bits per heavy atom. The summed E-state index contributed by atoms with van der Waals surface area (Å²) in [5.74, 6) is 0. The van der Waals surface area contributed by atoms with Gasteiger partial charge in [0.2, 0.25) is 0 Å². The number of thiophene rings is 1. The summed E-state index contributed by atoms with van der Waals surface area (Å²) in [6.07, 6.45) is 4.44. The molecule has 2 heterocycles. The first-order valence-electron chi connectivity index (χ1n) is 4.83. The van der Waals surface area contributed by atoms with Crippen LogP contribution < -0.4 is 5.32 Å². The summed E-state index contributed by atoms with van der Waals surface area (Å²) < 4.78 is 7.33. The molecule has 1 atom stereocenters. The number of hydrogen-bond donors (Lipinski definition) is 1. The highest BCUT2D eigenvalue weighted by Crippen LogP contribution is 2.36. The summed E-state index contributed by atoms with van der Waals surface area (Å²) in [6, 6.07) is 4.48. The Kier molecular flexibility index (Phi) is 4.24. The molecular formula is C11H11Br2NOS. The number of hydrogen-bond acceptors (Lipinski definition) is 3. The Balaban J connectivity index is 2.16. The van der Waals surface area contributed by atoms with Crippen molar-refractivity contribution in [3.63, 3.8) is 0 Å². The zero-order valence-electron chi connectivity index (χ0n) is 8.67. The molecule has 0 bridgehead atoms. The van der Waals surface area contributed by atoms with Crippen LogP contribution >= 0.6 is 43.2 Å². The third-order valence-electron chi connectivity index (χ3n) is 2.38. The predicted octanol–water partition coefficient (Wildman–Crippen LogP) is 4.37. The van der Waals surface area contributed by atoms with Gasteiger partial charge < -0.3 is 9.73 Å². The van der Waals surface area contributed by atoms with Gasteiger partial charge in [0.25, 0.3) is 0 Å². The minimum Gasteiger partial charge on any atom is -0.472 e. The summed E-state index contributed by atoms with van der Waals surface area (Å²) >= 11 is 8.77. The SMILES string of the molecule is CNC(Cc1ccoc1)c1cc(Br)c(Br)s1. The maximum Gasteiger partial charge on any atom is 0.0935 e. The molecule has 0 aromatic carbocycles. The van der Waals surface area contributed by atoms with E-state index in [9.17, 15) is 0 Å². The van der Waals surface area contributed by atoms with E-state index in [2.05, 4.69) is 43.2 Å². The van der Waals surface area contributed by atoms with Gasteiger partial charge >= 0.3 is 0 Å². The lowest BCUT2D eigenvalue weighted by atomic mass is 10.1. The maximum atomic E-state index is 5.08. The fourth-order valence-corrected chi connectivity index (χ4v) is 3.72. The van der Waals surface area contributed by atoms with Gasteiger partial charge in [0, 0.05) is 15.4 Å². The third-order valence-corrected chi connectivity index (χ3v) is 5.75. The monoisotopic (exact) mass is 363 g/mol. The van der Waals surface area contributed by atoms with E-state index in [1.165, 1.54) is 10.4 Å². The molecule has 1 unspecified atom stereocenters. The van der Waals surface area contributed by atoms with E-state index in [1.54, 1.807) is 23.9 Å². The molecule has 16 heavy (non-hydrogen) atoms. The topological polar surface area (TPSA) is 25.2 Å². The first kappa shape index (κ1) is 12.4. The van der Waals surface area contributed by atoms with Crippen molar-refractivity contribution in [1.29, 1.82) is 0 Å². The lowest BCUT2D eigenvalue weighted by Crippen LogP contribution is -2.17. The van der Waals surface area contributed by atoms with Crippen LogP contribution in [-0.4, -0.2) is 7.05 Å². The van der Waals surface area contributed by atoms with Crippen molar-refractivity contribution in [2.24, 2.45) is 0 Å². The summed E-state index contributed by atoms with van der Waals surface area (Å²) in [5, 5.41) is 3.32. The molecule has 2 rings (SSSR count). The second-order valence-electron chi connectivity index (χ2n) is 3.45. The molecular weight excluding hydrogens is 354 g/mol. The molecule has 2 aromatic heterocycles. The molecule has 0 aliphatic carbocycles. The number of halogens is 2. The zero-order chi connectivity index (χ0) is 11.5.